The lowest BCUT2D eigenvalue weighted by Gasteiger charge is -2.14. The fourth-order valence-corrected chi connectivity index (χ4v) is 2.11. The first-order valence-corrected chi connectivity index (χ1v) is 7.40. The van der Waals surface area contributed by atoms with Crippen LogP contribution in [0.2, 0.25) is 0 Å². The number of alkyl halides is 2. The Labute approximate surface area is 146 Å². The Morgan fingerprint density at radius 2 is 2.15 bits per heavy atom. The molecule has 0 aliphatic heterocycles. The predicted octanol–water partition coefficient (Wildman–Crippen LogP) is 2.68. The number of anilines is 1. The van der Waals surface area contributed by atoms with Crippen LogP contribution in [0.3, 0.4) is 0 Å². The van der Waals surface area contributed by atoms with Crippen LogP contribution in [0.1, 0.15) is 6.92 Å². The molecule has 1 aromatic heterocycles. The van der Waals surface area contributed by atoms with Crippen molar-refractivity contribution in [1.82, 2.24) is 9.78 Å². The first-order chi connectivity index (χ1) is 12.3. The van der Waals surface area contributed by atoms with Crippen molar-refractivity contribution < 1.29 is 28.0 Å². The Morgan fingerprint density at radius 1 is 1.42 bits per heavy atom. The quantitative estimate of drug-likeness (QED) is 0.565. The van der Waals surface area contributed by atoms with E-state index in [0.29, 0.717) is 5.69 Å². The average molecular weight is 370 g/mol. The number of hydrogen-bond acceptors (Lipinski definition) is 6. The van der Waals surface area contributed by atoms with Crippen LogP contribution in [0.5, 0.6) is 11.5 Å². The molecule has 1 amide bonds. The van der Waals surface area contributed by atoms with E-state index >= 15 is 0 Å². The molecule has 0 aliphatic carbocycles. The number of aromatic nitrogens is 2. The number of benzene rings is 1. The summed E-state index contributed by atoms with van der Waals surface area (Å²) in [6, 6.07) is 3.99. The summed E-state index contributed by atoms with van der Waals surface area (Å²) in [4.78, 5) is 22.3. The number of halogens is 2. The first-order valence-electron chi connectivity index (χ1n) is 7.40. The van der Waals surface area contributed by atoms with Crippen LogP contribution < -0.4 is 14.8 Å². The van der Waals surface area contributed by atoms with Crippen LogP contribution in [0.4, 0.5) is 20.2 Å². The zero-order chi connectivity index (χ0) is 19.3. The Kier molecular flexibility index (Phi) is 6.04. The van der Waals surface area contributed by atoms with E-state index in [1.165, 1.54) is 36.2 Å². The monoisotopic (exact) mass is 370 g/mol. The minimum Gasteiger partial charge on any atom is -0.493 e. The Hall–Kier alpha value is -3.24. The van der Waals surface area contributed by atoms with Crippen LogP contribution in [0.25, 0.3) is 0 Å². The van der Waals surface area contributed by atoms with Gasteiger partial charge in [0.15, 0.2) is 11.5 Å². The normalized spacial score (nSPS) is 11.9. The molecule has 1 aromatic carbocycles. The zero-order valence-electron chi connectivity index (χ0n) is 13.9. The van der Waals surface area contributed by atoms with Crippen LogP contribution in [-0.4, -0.2) is 34.3 Å². The highest BCUT2D eigenvalue weighted by Crippen LogP contribution is 2.31. The number of ether oxygens (including phenoxy) is 2. The topological polar surface area (TPSA) is 109 Å². The van der Waals surface area contributed by atoms with Crippen LogP contribution >= 0.6 is 0 Å². The molecule has 1 atom stereocenters. The second kappa shape index (κ2) is 8.23. The van der Waals surface area contributed by atoms with Gasteiger partial charge in [-0.15, -0.1) is 0 Å². The van der Waals surface area contributed by atoms with Crippen molar-refractivity contribution in [2.24, 2.45) is 5.92 Å². The Morgan fingerprint density at radius 3 is 2.73 bits per heavy atom. The minimum atomic E-state index is -3.00. The molecule has 0 bridgehead atoms. The molecule has 2 rings (SSSR count). The number of nitrogens with one attached hydrogen (secondary N) is 1. The minimum absolute atomic E-state index is 0.0402. The van der Waals surface area contributed by atoms with Gasteiger partial charge in [-0.05, 0) is 12.1 Å². The van der Waals surface area contributed by atoms with Gasteiger partial charge in [-0.2, -0.15) is 13.9 Å². The summed E-state index contributed by atoms with van der Waals surface area (Å²) in [5, 5.41) is 17.1. The molecule has 1 heterocycles. The molecule has 0 saturated carbocycles. The fraction of sp³-hybridized carbons (Fsp3) is 0.333. The standard InChI is InChI=1S/C15H16F2N4O5/c1-9(7-20-8-11(6-18-20)21(23)24)14(22)19-10-3-4-12(26-15(16)17)13(5-10)25-2/h3-6,8-9,15H,7H2,1-2H3,(H,19,22). The SMILES string of the molecule is COc1cc(NC(=O)C(C)Cn2cc([N+](=O)[O-])cn2)ccc1OC(F)F. The molecule has 1 unspecified atom stereocenters. The summed E-state index contributed by atoms with van der Waals surface area (Å²) in [6.07, 6.45) is 2.32. The van der Waals surface area contributed by atoms with E-state index in [1.807, 2.05) is 0 Å². The molecule has 0 radical (unpaired) electrons. The van der Waals surface area contributed by atoms with Crippen LogP contribution in [0.15, 0.2) is 30.6 Å². The van der Waals surface area contributed by atoms with Gasteiger partial charge in [-0.1, -0.05) is 6.92 Å². The highest BCUT2D eigenvalue weighted by atomic mass is 19.3. The lowest BCUT2D eigenvalue weighted by atomic mass is 10.1. The number of carbonyl (C=O) groups is 1. The van der Waals surface area contributed by atoms with Gasteiger partial charge in [0.05, 0.1) is 24.5 Å². The molecule has 0 spiro atoms. The molecule has 26 heavy (non-hydrogen) atoms. The molecule has 9 nitrogen and oxygen atoms in total. The van der Waals surface area contributed by atoms with E-state index < -0.39 is 17.5 Å². The van der Waals surface area contributed by atoms with Crippen molar-refractivity contribution in [1.29, 1.82) is 0 Å². The lowest BCUT2D eigenvalue weighted by molar-refractivity contribution is -0.385. The summed E-state index contributed by atoms with van der Waals surface area (Å²) in [6.45, 7) is -1.25. The smallest absolute Gasteiger partial charge is 0.387 e. The van der Waals surface area contributed by atoms with Gasteiger partial charge in [0.25, 0.3) is 0 Å². The van der Waals surface area contributed by atoms with Gasteiger partial charge in [0.2, 0.25) is 5.91 Å². The van der Waals surface area contributed by atoms with Crippen molar-refractivity contribution >= 4 is 17.3 Å². The second-order valence-electron chi connectivity index (χ2n) is 5.31. The van der Waals surface area contributed by atoms with E-state index in [4.69, 9.17) is 4.74 Å². The fourth-order valence-electron chi connectivity index (χ4n) is 2.11. The Balaban J connectivity index is 2.02. The van der Waals surface area contributed by atoms with E-state index in [9.17, 15) is 23.7 Å². The van der Waals surface area contributed by atoms with Gasteiger partial charge in [-0.3, -0.25) is 19.6 Å². The molecule has 0 saturated heterocycles. The number of carbonyl (C=O) groups excluding carboxylic acids is 1. The molecule has 11 heteroatoms. The molecular weight excluding hydrogens is 354 g/mol. The maximum Gasteiger partial charge on any atom is 0.387 e. The number of nitrogens with zero attached hydrogens (tertiary/aromatic N) is 3. The first kappa shape index (κ1) is 19.1. The van der Waals surface area contributed by atoms with E-state index in [1.54, 1.807) is 6.92 Å². The van der Waals surface area contributed by atoms with Gasteiger partial charge in [0, 0.05) is 11.8 Å². The number of nitro groups is 1. The molecule has 0 fully saturated rings. The third-order valence-electron chi connectivity index (χ3n) is 3.39. The average Bonchev–Trinajstić information content (AvgIpc) is 3.04. The van der Waals surface area contributed by atoms with Gasteiger partial charge in [-0.25, -0.2) is 0 Å². The van der Waals surface area contributed by atoms with Crippen LogP contribution in [0, 0.1) is 16.0 Å². The van der Waals surface area contributed by atoms with Gasteiger partial charge in [0.1, 0.15) is 12.4 Å². The predicted molar refractivity (Wildman–Crippen MR) is 86.3 cm³/mol. The highest BCUT2D eigenvalue weighted by molar-refractivity contribution is 5.92. The third-order valence-corrected chi connectivity index (χ3v) is 3.39. The summed E-state index contributed by atoms with van der Waals surface area (Å²) < 4.78 is 35.2. The van der Waals surface area contributed by atoms with Crippen molar-refractivity contribution in [3.8, 4) is 11.5 Å². The third kappa shape index (κ3) is 4.88. The molecule has 1 N–H and O–H groups in total. The number of methoxy groups -OCH3 is 1. The van der Waals surface area contributed by atoms with Crippen molar-refractivity contribution in [3.05, 3.63) is 40.7 Å². The van der Waals surface area contributed by atoms with Crippen molar-refractivity contribution in [2.75, 3.05) is 12.4 Å². The van der Waals surface area contributed by atoms with Crippen LogP contribution in [-0.2, 0) is 11.3 Å². The summed E-state index contributed by atoms with van der Waals surface area (Å²) >= 11 is 0. The van der Waals surface area contributed by atoms with E-state index in [2.05, 4.69) is 15.2 Å². The van der Waals surface area contributed by atoms with Gasteiger partial charge < -0.3 is 14.8 Å². The second-order valence-corrected chi connectivity index (χ2v) is 5.31. The van der Waals surface area contributed by atoms with E-state index in [0.717, 1.165) is 6.20 Å². The molecule has 0 aliphatic rings. The summed E-state index contributed by atoms with van der Waals surface area (Å²) in [5.41, 5.74) is 0.156. The lowest BCUT2D eigenvalue weighted by Crippen LogP contribution is -2.24. The van der Waals surface area contributed by atoms with Gasteiger partial charge >= 0.3 is 12.3 Å². The molecular formula is C15H16F2N4O5. The highest BCUT2D eigenvalue weighted by Gasteiger charge is 2.18. The number of hydrogen-bond donors (Lipinski definition) is 1. The zero-order valence-corrected chi connectivity index (χ0v) is 13.9. The Bertz CT molecular complexity index is 796. The summed E-state index contributed by atoms with van der Waals surface area (Å²) in [7, 11) is 1.28. The molecule has 140 valence electrons. The maximum absolute atomic E-state index is 12.3. The largest absolute Gasteiger partial charge is 0.493 e. The molecule has 2 aromatic rings. The summed E-state index contributed by atoms with van der Waals surface area (Å²) in [5.74, 6) is -1.05. The van der Waals surface area contributed by atoms with Crippen molar-refractivity contribution in [2.45, 2.75) is 20.1 Å². The maximum atomic E-state index is 12.3. The number of amides is 1. The van der Waals surface area contributed by atoms with E-state index in [-0.39, 0.29) is 29.6 Å². The van der Waals surface area contributed by atoms with Crippen molar-refractivity contribution in [3.63, 3.8) is 0 Å². The number of rotatable bonds is 8.